The number of rotatable bonds is 4. The van der Waals surface area contributed by atoms with Crippen LogP contribution in [-0.2, 0) is 13.2 Å². The molecule has 0 spiro atoms. The van der Waals surface area contributed by atoms with Crippen LogP contribution < -0.4 is 4.90 Å². The van der Waals surface area contributed by atoms with Gasteiger partial charge in [0.2, 0.25) is 0 Å². The van der Waals surface area contributed by atoms with E-state index in [1.165, 1.54) is 0 Å². The van der Waals surface area contributed by atoms with Gasteiger partial charge in [-0.1, -0.05) is 24.3 Å². The van der Waals surface area contributed by atoms with Crippen molar-refractivity contribution in [2.45, 2.75) is 13.2 Å². The van der Waals surface area contributed by atoms with E-state index in [0.29, 0.717) is 0 Å². The molecule has 0 amide bonds. The maximum absolute atomic E-state index is 9.29. The predicted molar refractivity (Wildman–Crippen MR) is 68.7 cm³/mol. The Morgan fingerprint density at radius 2 is 1.88 bits per heavy atom. The van der Waals surface area contributed by atoms with Gasteiger partial charge in [0, 0.05) is 24.5 Å². The van der Waals surface area contributed by atoms with Gasteiger partial charge in [0.1, 0.15) is 0 Å². The molecule has 0 unspecified atom stereocenters. The second kappa shape index (κ2) is 5.46. The summed E-state index contributed by atoms with van der Waals surface area (Å²) < 4.78 is 0. The van der Waals surface area contributed by atoms with E-state index >= 15 is 0 Å². The second-order valence-electron chi connectivity index (χ2n) is 3.96. The van der Waals surface area contributed by atoms with E-state index in [-0.39, 0.29) is 6.61 Å². The van der Waals surface area contributed by atoms with Crippen LogP contribution in [0.3, 0.4) is 0 Å². The molecule has 0 atom stereocenters. The fourth-order valence-corrected chi connectivity index (χ4v) is 1.84. The Morgan fingerprint density at radius 1 is 1.12 bits per heavy atom. The number of hydrogen-bond acceptors (Lipinski definition) is 3. The molecule has 1 aromatic heterocycles. The quantitative estimate of drug-likeness (QED) is 0.871. The van der Waals surface area contributed by atoms with Crippen molar-refractivity contribution < 1.29 is 5.11 Å². The van der Waals surface area contributed by atoms with E-state index in [4.69, 9.17) is 0 Å². The molecule has 0 fully saturated rings. The minimum absolute atomic E-state index is 0.0583. The van der Waals surface area contributed by atoms with Crippen molar-refractivity contribution in [3.05, 3.63) is 59.9 Å². The van der Waals surface area contributed by atoms with Crippen molar-refractivity contribution in [2.24, 2.45) is 0 Å². The maximum atomic E-state index is 9.29. The number of pyridine rings is 1. The molecule has 3 nitrogen and oxygen atoms in total. The Morgan fingerprint density at radius 3 is 2.59 bits per heavy atom. The molecule has 1 heterocycles. The molecule has 0 saturated carbocycles. The molecule has 2 rings (SSSR count). The zero-order valence-electron chi connectivity index (χ0n) is 9.87. The van der Waals surface area contributed by atoms with Gasteiger partial charge in [0.15, 0.2) is 0 Å². The Hall–Kier alpha value is -1.87. The van der Waals surface area contributed by atoms with E-state index in [0.717, 1.165) is 23.5 Å². The Labute approximate surface area is 101 Å². The number of para-hydroxylation sites is 1. The lowest BCUT2D eigenvalue weighted by atomic mass is 10.1. The summed E-state index contributed by atoms with van der Waals surface area (Å²) in [6.07, 6.45) is 1.79. The van der Waals surface area contributed by atoms with Crippen molar-refractivity contribution in [3.63, 3.8) is 0 Å². The first-order valence-corrected chi connectivity index (χ1v) is 5.61. The first kappa shape index (κ1) is 11.6. The molecule has 17 heavy (non-hydrogen) atoms. The van der Waals surface area contributed by atoms with Crippen LogP contribution in [0.1, 0.15) is 11.3 Å². The number of benzene rings is 1. The summed E-state index contributed by atoms with van der Waals surface area (Å²) in [6.45, 7) is 0.792. The molecule has 0 aliphatic rings. The van der Waals surface area contributed by atoms with Gasteiger partial charge in [0.25, 0.3) is 0 Å². The molecule has 0 bridgehead atoms. The number of nitrogens with zero attached hydrogens (tertiary/aromatic N) is 2. The number of anilines is 1. The van der Waals surface area contributed by atoms with Gasteiger partial charge in [-0.2, -0.15) is 0 Å². The van der Waals surface area contributed by atoms with Crippen LogP contribution in [0.25, 0.3) is 0 Å². The molecule has 0 saturated heterocycles. The first-order valence-electron chi connectivity index (χ1n) is 5.61. The van der Waals surface area contributed by atoms with Gasteiger partial charge < -0.3 is 10.0 Å². The summed E-state index contributed by atoms with van der Waals surface area (Å²) in [6, 6.07) is 13.7. The van der Waals surface area contributed by atoms with Gasteiger partial charge in [-0.25, -0.2) is 0 Å². The zero-order chi connectivity index (χ0) is 12.1. The lowest BCUT2D eigenvalue weighted by Gasteiger charge is -2.21. The molecule has 0 aliphatic carbocycles. The molecule has 0 aliphatic heterocycles. The highest BCUT2D eigenvalue weighted by atomic mass is 16.3. The molecule has 88 valence electrons. The van der Waals surface area contributed by atoms with Crippen molar-refractivity contribution >= 4 is 5.69 Å². The van der Waals surface area contributed by atoms with Crippen LogP contribution in [0.2, 0.25) is 0 Å². The highest BCUT2D eigenvalue weighted by molar-refractivity contribution is 5.52. The SMILES string of the molecule is CN(Cc1ccccn1)c1ccccc1CO. The highest BCUT2D eigenvalue weighted by Gasteiger charge is 2.06. The van der Waals surface area contributed by atoms with Gasteiger partial charge in [-0.05, 0) is 18.2 Å². The van der Waals surface area contributed by atoms with Crippen molar-refractivity contribution in [1.29, 1.82) is 0 Å². The largest absolute Gasteiger partial charge is 0.392 e. The Bertz CT molecular complexity index is 471. The third kappa shape index (κ3) is 2.82. The number of aliphatic hydroxyl groups is 1. The molecule has 1 N–H and O–H groups in total. The van der Waals surface area contributed by atoms with Gasteiger partial charge >= 0.3 is 0 Å². The molecular formula is C14H16N2O. The average Bonchev–Trinajstić information content (AvgIpc) is 2.40. The Kier molecular flexibility index (Phi) is 3.73. The second-order valence-corrected chi connectivity index (χ2v) is 3.96. The third-order valence-corrected chi connectivity index (χ3v) is 2.70. The molecule has 2 aromatic rings. The Balaban J connectivity index is 2.17. The topological polar surface area (TPSA) is 36.4 Å². The van der Waals surface area contributed by atoms with Crippen molar-refractivity contribution in [3.8, 4) is 0 Å². The smallest absolute Gasteiger partial charge is 0.0702 e. The van der Waals surface area contributed by atoms with Gasteiger partial charge in [-0.3, -0.25) is 4.98 Å². The van der Waals surface area contributed by atoms with E-state index in [2.05, 4.69) is 9.88 Å². The summed E-state index contributed by atoms with van der Waals surface area (Å²) in [4.78, 5) is 6.39. The van der Waals surface area contributed by atoms with Crippen molar-refractivity contribution in [1.82, 2.24) is 4.98 Å². The van der Waals surface area contributed by atoms with Gasteiger partial charge in [-0.15, -0.1) is 0 Å². The summed E-state index contributed by atoms with van der Waals surface area (Å²) in [7, 11) is 2.00. The average molecular weight is 228 g/mol. The van der Waals surface area contributed by atoms with Crippen LogP contribution in [0.15, 0.2) is 48.7 Å². The monoisotopic (exact) mass is 228 g/mol. The molecule has 0 radical (unpaired) electrons. The van der Waals surface area contributed by atoms with Crippen LogP contribution >= 0.6 is 0 Å². The van der Waals surface area contributed by atoms with Crippen LogP contribution in [0.5, 0.6) is 0 Å². The lowest BCUT2D eigenvalue weighted by Crippen LogP contribution is -2.18. The fourth-order valence-electron chi connectivity index (χ4n) is 1.84. The standard InChI is InChI=1S/C14H16N2O/c1-16(10-13-7-4-5-9-15-13)14-8-3-2-6-12(14)11-17/h2-9,17H,10-11H2,1H3. The van der Waals surface area contributed by atoms with E-state index in [1.807, 2.05) is 49.5 Å². The van der Waals surface area contributed by atoms with Crippen LogP contribution in [0, 0.1) is 0 Å². The zero-order valence-corrected chi connectivity index (χ0v) is 9.87. The van der Waals surface area contributed by atoms with E-state index in [9.17, 15) is 5.11 Å². The number of hydrogen-bond donors (Lipinski definition) is 1. The fraction of sp³-hybridized carbons (Fsp3) is 0.214. The summed E-state index contributed by atoms with van der Waals surface area (Å²) in [5, 5.41) is 9.29. The molecule has 1 aromatic carbocycles. The van der Waals surface area contributed by atoms with Crippen LogP contribution in [-0.4, -0.2) is 17.1 Å². The predicted octanol–water partition coefficient (Wildman–Crippen LogP) is 2.21. The minimum atomic E-state index is 0.0583. The van der Waals surface area contributed by atoms with E-state index in [1.54, 1.807) is 6.20 Å². The number of aromatic nitrogens is 1. The summed E-state index contributed by atoms with van der Waals surface area (Å²) in [5.41, 5.74) is 2.99. The van der Waals surface area contributed by atoms with Crippen LogP contribution in [0.4, 0.5) is 5.69 Å². The molecule has 3 heteroatoms. The number of aliphatic hydroxyl groups excluding tert-OH is 1. The first-order chi connectivity index (χ1) is 8.31. The summed E-state index contributed by atoms with van der Waals surface area (Å²) in [5.74, 6) is 0. The minimum Gasteiger partial charge on any atom is -0.392 e. The highest BCUT2D eigenvalue weighted by Crippen LogP contribution is 2.20. The lowest BCUT2D eigenvalue weighted by molar-refractivity contribution is 0.282. The van der Waals surface area contributed by atoms with Gasteiger partial charge in [0.05, 0.1) is 18.8 Å². The summed E-state index contributed by atoms with van der Waals surface area (Å²) >= 11 is 0. The normalized spacial score (nSPS) is 10.2. The van der Waals surface area contributed by atoms with E-state index < -0.39 is 0 Å². The van der Waals surface area contributed by atoms with Crippen molar-refractivity contribution in [2.75, 3.05) is 11.9 Å². The maximum Gasteiger partial charge on any atom is 0.0702 e. The third-order valence-electron chi connectivity index (χ3n) is 2.70. The molecular weight excluding hydrogens is 212 g/mol.